The number of rotatable bonds is 5. The zero-order chi connectivity index (χ0) is 17.2. The van der Waals surface area contributed by atoms with Crippen molar-refractivity contribution >= 4 is 15.7 Å². The van der Waals surface area contributed by atoms with Gasteiger partial charge in [-0.3, -0.25) is 10.1 Å². The van der Waals surface area contributed by atoms with Gasteiger partial charge in [-0.15, -0.1) is 0 Å². The first-order valence-corrected chi connectivity index (χ1v) is 9.01. The highest BCUT2D eigenvalue weighted by Gasteiger charge is 2.32. The smallest absolute Gasteiger partial charge is 0.289 e. The van der Waals surface area contributed by atoms with Crippen molar-refractivity contribution in [2.75, 3.05) is 20.2 Å². The molecule has 7 nitrogen and oxygen atoms in total. The van der Waals surface area contributed by atoms with Crippen LogP contribution in [0.1, 0.15) is 30.4 Å². The Balaban J connectivity index is 2.34. The van der Waals surface area contributed by atoms with Crippen molar-refractivity contribution in [1.29, 1.82) is 0 Å². The fourth-order valence-corrected chi connectivity index (χ4v) is 4.05. The summed E-state index contributed by atoms with van der Waals surface area (Å²) in [5.41, 5.74) is 1.01. The van der Waals surface area contributed by atoms with Gasteiger partial charge in [0.2, 0.25) is 10.0 Å². The van der Waals surface area contributed by atoms with E-state index < -0.39 is 14.9 Å². The molecule has 0 spiro atoms. The van der Waals surface area contributed by atoms with Crippen LogP contribution < -0.4 is 0 Å². The minimum Gasteiger partial charge on any atom is -0.377 e. The van der Waals surface area contributed by atoms with Gasteiger partial charge in [-0.05, 0) is 50.3 Å². The molecule has 1 atom stereocenters. The molecule has 0 radical (unpaired) electrons. The van der Waals surface area contributed by atoms with Gasteiger partial charge in [-0.25, -0.2) is 8.42 Å². The number of nitro groups is 1. The molecule has 1 aromatic rings. The highest BCUT2D eigenvalue weighted by molar-refractivity contribution is 7.89. The third kappa shape index (κ3) is 3.88. The number of sulfonamides is 1. The van der Waals surface area contributed by atoms with E-state index in [0.717, 1.165) is 23.6 Å². The molecule has 1 saturated heterocycles. The lowest BCUT2D eigenvalue weighted by Gasteiger charge is -2.27. The maximum atomic E-state index is 12.8. The largest absolute Gasteiger partial charge is 0.377 e. The maximum absolute atomic E-state index is 12.8. The van der Waals surface area contributed by atoms with Crippen LogP contribution in [0.15, 0.2) is 17.0 Å². The van der Waals surface area contributed by atoms with Crippen molar-refractivity contribution in [3.05, 3.63) is 33.4 Å². The molecular weight excluding hydrogens is 320 g/mol. The van der Waals surface area contributed by atoms with Crippen molar-refractivity contribution < 1.29 is 18.1 Å². The van der Waals surface area contributed by atoms with Crippen molar-refractivity contribution in [1.82, 2.24) is 4.31 Å². The SMILES string of the molecule is Cc1cc([N+](=O)[O-])c(S(=O)(=O)N(C)CC2CCCCO2)cc1C. The van der Waals surface area contributed by atoms with E-state index >= 15 is 0 Å². The van der Waals surface area contributed by atoms with Gasteiger partial charge in [0.05, 0.1) is 11.0 Å². The fourth-order valence-electron chi connectivity index (χ4n) is 2.63. The molecule has 0 bridgehead atoms. The summed E-state index contributed by atoms with van der Waals surface area (Å²) < 4.78 is 32.2. The molecule has 128 valence electrons. The molecule has 0 aliphatic carbocycles. The zero-order valence-electron chi connectivity index (χ0n) is 13.6. The summed E-state index contributed by atoms with van der Waals surface area (Å²) in [7, 11) is -2.50. The quantitative estimate of drug-likeness (QED) is 0.605. The highest BCUT2D eigenvalue weighted by Crippen LogP contribution is 2.29. The Morgan fingerprint density at radius 2 is 1.96 bits per heavy atom. The van der Waals surface area contributed by atoms with Crippen LogP contribution in [0.3, 0.4) is 0 Å². The van der Waals surface area contributed by atoms with Gasteiger partial charge in [0.1, 0.15) is 0 Å². The lowest BCUT2D eigenvalue weighted by molar-refractivity contribution is -0.387. The van der Waals surface area contributed by atoms with Crippen LogP contribution in [0.5, 0.6) is 0 Å². The molecular formula is C15H22N2O5S. The lowest BCUT2D eigenvalue weighted by atomic mass is 10.1. The number of hydrogen-bond donors (Lipinski definition) is 0. The molecule has 2 rings (SSSR count). The summed E-state index contributed by atoms with van der Waals surface area (Å²) in [5.74, 6) is 0. The van der Waals surface area contributed by atoms with Crippen LogP contribution in [0.2, 0.25) is 0 Å². The number of hydrogen-bond acceptors (Lipinski definition) is 5. The van der Waals surface area contributed by atoms with Gasteiger partial charge in [-0.1, -0.05) is 0 Å². The molecule has 0 amide bonds. The Kier molecular flexibility index (Phi) is 5.38. The monoisotopic (exact) mass is 342 g/mol. The van der Waals surface area contributed by atoms with Gasteiger partial charge >= 0.3 is 0 Å². The first-order valence-electron chi connectivity index (χ1n) is 7.57. The predicted octanol–water partition coefficient (Wildman–Crippen LogP) is 2.40. The van der Waals surface area contributed by atoms with E-state index in [1.807, 2.05) is 0 Å². The van der Waals surface area contributed by atoms with E-state index in [1.54, 1.807) is 13.8 Å². The Bertz CT molecular complexity index is 696. The second kappa shape index (κ2) is 6.94. The molecule has 1 heterocycles. The summed E-state index contributed by atoms with van der Waals surface area (Å²) in [6.45, 7) is 4.29. The molecule has 1 fully saturated rings. The lowest BCUT2D eigenvalue weighted by Crippen LogP contribution is -2.37. The minimum absolute atomic E-state index is 0.158. The summed E-state index contributed by atoms with van der Waals surface area (Å²) in [6, 6.07) is 2.69. The normalized spacial score (nSPS) is 19.0. The van der Waals surface area contributed by atoms with Gasteiger partial charge < -0.3 is 4.74 Å². The molecule has 1 aromatic carbocycles. The van der Waals surface area contributed by atoms with E-state index in [0.29, 0.717) is 17.7 Å². The number of aryl methyl sites for hydroxylation is 2. The third-order valence-electron chi connectivity index (χ3n) is 4.19. The van der Waals surface area contributed by atoms with E-state index in [-0.39, 0.29) is 23.2 Å². The van der Waals surface area contributed by atoms with Gasteiger partial charge in [0, 0.05) is 26.3 Å². The molecule has 1 aliphatic heterocycles. The molecule has 8 heteroatoms. The van der Waals surface area contributed by atoms with Crippen LogP contribution in [0.25, 0.3) is 0 Å². The van der Waals surface area contributed by atoms with Gasteiger partial charge in [0.25, 0.3) is 5.69 Å². The van der Waals surface area contributed by atoms with Crippen molar-refractivity contribution in [2.45, 2.75) is 44.1 Å². The van der Waals surface area contributed by atoms with Crippen LogP contribution in [-0.4, -0.2) is 43.9 Å². The number of nitrogens with zero attached hydrogens (tertiary/aromatic N) is 2. The van der Waals surface area contributed by atoms with Gasteiger partial charge in [0.15, 0.2) is 4.90 Å². The second-order valence-electron chi connectivity index (χ2n) is 5.94. The number of nitro benzene ring substituents is 1. The Labute approximate surface area is 136 Å². The number of benzene rings is 1. The van der Waals surface area contributed by atoms with Crippen LogP contribution in [-0.2, 0) is 14.8 Å². The predicted molar refractivity (Wildman–Crippen MR) is 86.0 cm³/mol. The molecule has 0 saturated carbocycles. The fraction of sp³-hybridized carbons (Fsp3) is 0.600. The molecule has 1 unspecified atom stereocenters. The Hall–Kier alpha value is -1.51. The first kappa shape index (κ1) is 17.8. The molecule has 23 heavy (non-hydrogen) atoms. The summed E-state index contributed by atoms with van der Waals surface area (Å²) in [5, 5.41) is 11.2. The minimum atomic E-state index is -3.94. The second-order valence-corrected chi connectivity index (χ2v) is 7.95. The third-order valence-corrected chi connectivity index (χ3v) is 6.05. The maximum Gasteiger partial charge on any atom is 0.289 e. The van der Waals surface area contributed by atoms with E-state index in [4.69, 9.17) is 4.74 Å². The summed E-state index contributed by atoms with van der Waals surface area (Å²) in [4.78, 5) is 10.3. The van der Waals surface area contributed by atoms with E-state index in [2.05, 4.69) is 0 Å². The average Bonchev–Trinajstić information content (AvgIpc) is 2.50. The van der Waals surface area contributed by atoms with Gasteiger partial charge in [-0.2, -0.15) is 4.31 Å². The van der Waals surface area contributed by atoms with E-state index in [1.165, 1.54) is 19.2 Å². The van der Waals surface area contributed by atoms with Crippen LogP contribution in [0, 0.1) is 24.0 Å². The van der Waals surface area contributed by atoms with E-state index in [9.17, 15) is 18.5 Å². The Morgan fingerprint density at radius 1 is 1.30 bits per heavy atom. The van der Waals surface area contributed by atoms with Crippen molar-refractivity contribution in [2.24, 2.45) is 0 Å². The number of likely N-dealkylation sites (N-methyl/N-ethyl adjacent to an activating group) is 1. The highest BCUT2D eigenvalue weighted by atomic mass is 32.2. The summed E-state index contributed by atoms with van der Waals surface area (Å²) in [6.07, 6.45) is 2.63. The van der Waals surface area contributed by atoms with Crippen LogP contribution >= 0.6 is 0 Å². The first-order chi connectivity index (χ1) is 10.7. The Morgan fingerprint density at radius 3 is 2.52 bits per heavy atom. The number of ether oxygens (including phenoxy) is 1. The van der Waals surface area contributed by atoms with Crippen molar-refractivity contribution in [3.63, 3.8) is 0 Å². The molecule has 1 aliphatic rings. The standard InChI is InChI=1S/C15H22N2O5S/c1-11-8-14(17(18)19)15(9-12(11)2)23(20,21)16(3)10-13-6-4-5-7-22-13/h8-9,13H,4-7,10H2,1-3H3. The zero-order valence-corrected chi connectivity index (χ0v) is 14.4. The molecule has 0 aromatic heterocycles. The van der Waals surface area contributed by atoms with Crippen LogP contribution in [0.4, 0.5) is 5.69 Å². The molecule has 0 N–H and O–H groups in total. The topological polar surface area (TPSA) is 89.8 Å². The summed E-state index contributed by atoms with van der Waals surface area (Å²) >= 11 is 0. The van der Waals surface area contributed by atoms with Crippen molar-refractivity contribution in [3.8, 4) is 0 Å². The average molecular weight is 342 g/mol.